The molecule has 0 aliphatic carbocycles. The van der Waals surface area contributed by atoms with E-state index in [0.717, 1.165) is 28.1 Å². The minimum absolute atomic E-state index is 0.0341. The summed E-state index contributed by atoms with van der Waals surface area (Å²) in [6.07, 6.45) is 0.899. The molecule has 0 spiro atoms. The van der Waals surface area contributed by atoms with Gasteiger partial charge in [0.25, 0.3) is 0 Å². The van der Waals surface area contributed by atoms with E-state index in [-0.39, 0.29) is 30.2 Å². The van der Waals surface area contributed by atoms with Gasteiger partial charge in [-0.05, 0) is 61.2 Å². The maximum Gasteiger partial charge on any atom is 0.322 e. The summed E-state index contributed by atoms with van der Waals surface area (Å²) in [5, 5.41) is 2.97. The van der Waals surface area contributed by atoms with E-state index in [9.17, 15) is 14.0 Å². The summed E-state index contributed by atoms with van der Waals surface area (Å²) in [4.78, 5) is 32.4. The SMILES string of the molecule is CC[C@@H](C)CN(CC(=O)N(Cc1ccc(F)cc1)Cc1ccc(C)s1)C(=O)Nc1ccccc1C. The number of para-hydroxylation sites is 1. The Morgan fingerprint density at radius 1 is 0.971 bits per heavy atom. The number of rotatable bonds is 10. The normalized spacial score (nSPS) is 11.7. The van der Waals surface area contributed by atoms with Crippen LogP contribution in [-0.2, 0) is 17.9 Å². The first-order valence-corrected chi connectivity index (χ1v) is 12.8. The standard InChI is InChI=1S/C28H34FN3O2S/c1-5-20(2)16-32(28(34)30-26-9-7-6-8-21(26)3)19-27(33)31(18-25-15-10-22(4)35-25)17-23-11-13-24(29)14-12-23/h6-15,20H,5,16-19H2,1-4H3,(H,30,34)/t20-/m1/s1. The van der Waals surface area contributed by atoms with Gasteiger partial charge in [-0.1, -0.05) is 50.6 Å². The van der Waals surface area contributed by atoms with Crippen LogP contribution in [0.1, 0.15) is 41.1 Å². The average Bonchev–Trinajstić information content (AvgIpc) is 3.25. The van der Waals surface area contributed by atoms with Crippen LogP contribution in [0.25, 0.3) is 0 Å². The second-order valence-corrected chi connectivity index (χ2v) is 10.4. The number of benzene rings is 2. The second kappa shape index (κ2) is 12.5. The van der Waals surface area contributed by atoms with Gasteiger partial charge in [0, 0.05) is 28.5 Å². The fourth-order valence-electron chi connectivity index (χ4n) is 3.70. The summed E-state index contributed by atoms with van der Waals surface area (Å²) in [6, 6.07) is 17.5. The van der Waals surface area contributed by atoms with Crippen molar-refractivity contribution in [2.24, 2.45) is 5.92 Å². The van der Waals surface area contributed by atoms with Crippen LogP contribution in [0.5, 0.6) is 0 Å². The summed E-state index contributed by atoms with van der Waals surface area (Å²) in [5.41, 5.74) is 2.53. The number of hydrogen-bond donors (Lipinski definition) is 1. The minimum Gasteiger partial charge on any atom is -0.332 e. The topological polar surface area (TPSA) is 52.7 Å². The van der Waals surface area contributed by atoms with E-state index in [2.05, 4.69) is 19.2 Å². The molecule has 1 N–H and O–H groups in total. The second-order valence-electron chi connectivity index (χ2n) is 9.03. The number of nitrogens with zero attached hydrogens (tertiary/aromatic N) is 2. The van der Waals surface area contributed by atoms with Crippen molar-refractivity contribution in [1.29, 1.82) is 0 Å². The highest BCUT2D eigenvalue weighted by molar-refractivity contribution is 7.11. The average molecular weight is 496 g/mol. The first-order chi connectivity index (χ1) is 16.7. The van der Waals surface area contributed by atoms with Gasteiger partial charge >= 0.3 is 6.03 Å². The van der Waals surface area contributed by atoms with Crippen molar-refractivity contribution in [3.63, 3.8) is 0 Å². The van der Waals surface area contributed by atoms with E-state index in [1.807, 2.05) is 50.2 Å². The fourth-order valence-corrected chi connectivity index (χ4v) is 4.60. The molecule has 0 bridgehead atoms. The molecule has 1 heterocycles. The Morgan fingerprint density at radius 3 is 2.31 bits per heavy atom. The lowest BCUT2D eigenvalue weighted by molar-refractivity contribution is -0.133. The molecule has 0 aliphatic rings. The molecule has 0 unspecified atom stereocenters. The van der Waals surface area contributed by atoms with E-state index in [1.165, 1.54) is 17.0 Å². The van der Waals surface area contributed by atoms with Crippen molar-refractivity contribution in [3.05, 3.63) is 87.4 Å². The van der Waals surface area contributed by atoms with Crippen LogP contribution in [-0.4, -0.2) is 34.8 Å². The van der Waals surface area contributed by atoms with E-state index in [1.54, 1.807) is 33.3 Å². The van der Waals surface area contributed by atoms with E-state index in [4.69, 9.17) is 0 Å². The number of amides is 3. The molecule has 2 aromatic carbocycles. The third kappa shape index (κ3) is 7.92. The molecule has 3 aromatic rings. The molecule has 0 fully saturated rings. The van der Waals surface area contributed by atoms with Gasteiger partial charge < -0.3 is 15.1 Å². The number of hydrogen-bond acceptors (Lipinski definition) is 3. The zero-order valence-electron chi connectivity index (χ0n) is 20.9. The quantitative estimate of drug-likeness (QED) is 0.344. The molecular formula is C28H34FN3O2S. The number of halogens is 1. The van der Waals surface area contributed by atoms with Crippen molar-refractivity contribution >= 4 is 29.0 Å². The first-order valence-electron chi connectivity index (χ1n) is 11.9. The van der Waals surface area contributed by atoms with Gasteiger partial charge in [-0.25, -0.2) is 9.18 Å². The van der Waals surface area contributed by atoms with Crippen molar-refractivity contribution in [1.82, 2.24) is 9.80 Å². The van der Waals surface area contributed by atoms with Crippen LogP contribution in [0, 0.1) is 25.6 Å². The largest absolute Gasteiger partial charge is 0.332 e. The van der Waals surface area contributed by atoms with Crippen molar-refractivity contribution in [3.8, 4) is 0 Å². The molecule has 186 valence electrons. The summed E-state index contributed by atoms with van der Waals surface area (Å²) in [5.74, 6) is -0.215. The highest BCUT2D eigenvalue weighted by Crippen LogP contribution is 2.20. The van der Waals surface area contributed by atoms with Gasteiger partial charge in [0.2, 0.25) is 5.91 Å². The van der Waals surface area contributed by atoms with Crippen LogP contribution in [0.2, 0.25) is 0 Å². The Bertz CT molecular complexity index is 1130. The Labute approximate surface area is 211 Å². The minimum atomic E-state index is -0.312. The number of nitrogens with one attached hydrogen (secondary N) is 1. The van der Waals surface area contributed by atoms with Crippen LogP contribution in [0.15, 0.2) is 60.7 Å². The van der Waals surface area contributed by atoms with Crippen molar-refractivity contribution < 1.29 is 14.0 Å². The van der Waals surface area contributed by atoms with Gasteiger partial charge in [-0.2, -0.15) is 0 Å². The maximum atomic E-state index is 13.6. The van der Waals surface area contributed by atoms with Crippen molar-refractivity contribution in [2.75, 3.05) is 18.4 Å². The Hall–Kier alpha value is -3.19. The summed E-state index contributed by atoms with van der Waals surface area (Å²) < 4.78 is 13.4. The van der Waals surface area contributed by atoms with E-state index >= 15 is 0 Å². The third-order valence-corrected chi connectivity index (χ3v) is 7.00. The highest BCUT2D eigenvalue weighted by Gasteiger charge is 2.24. The Morgan fingerprint density at radius 2 is 1.69 bits per heavy atom. The zero-order valence-corrected chi connectivity index (χ0v) is 21.7. The first kappa shape index (κ1) is 26.4. The molecule has 3 rings (SSSR count). The van der Waals surface area contributed by atoms with Gasteiger partial charge in [-0.3, -0.25) is 4.79 Å². The molecule has 35 heavy (non-hydrogen) atoms. The molecule has 0 radical (unpaired) electrons. The van der Waals surface area contributed by atoms with E-state index in [0.29, 0.717) is 19.6 Å². The lowest BCUT2D eigenvalue weighted by Crippen LogP contribution is -2.45. The predicted octanol–water partition coefficient (Wildman–Crippen LogP) is 6.61. The summed E-state index contributed by atoms with van der Waals surface area (Å²) >= 11 is 1.64. The van der Waals surface area contributed by atoms with Crippen LogP contribution in [0.3, 0.4) is 0 Å². The number of urea groups is 1. The van der Waals surface area contributed by atoms with Crippen LogP contribution in [0.4, 0.5) is 14.9 Å². The number of carbonyl (C=O) groups is 2. The number of carbonyl (C=O) groups excluding carboxylic acids is 2. The molecule has 0 aliphatic heterocycles. The third-order valence-electron chi connectivity index (χ3n) is 6.01. The molecule has 1 atom stereocenters. The monoisotopic (exact) mass is 495 g/mol. The molecular weight excluding hydrogens is 461 g/mol. The Balaban J connectivity index is 1.80. The summed E-state index contributed by atoms with van der Waals surface area (Å²) in [7, 11) is 0. The molecule has 7 heteroatoms. The van der Waals surface area contributed by atoms with Crippen molar-refractivity contribution in [2.45, 2.75) is 47.2 Å². The lowest BCUT2D eigenvalue weighted by Gasteiger charge is -2.29. The number of aryl methyl sites for hydroxylation is 2. The molecule has 0 saturated heterocycles. The fraction of sp³-hybridized carbons (Fsp3) is 0.357. The van der Waals surface area contributed by atoms with E-state index < -0.39 is 0 Å². The molecule has 5 nitrogen and oxygen atoms in total. The maximum absolute atomic E-state index is 13.6. The van der Waals surface area contributed by atoms with Crippen LogP contribution >= 0.6 is 11.3 Å². The molecule has 1 aromatic heterocycles. The number of anilines is 1. The number of thiophene rings is 1. The smallest absolute Gasteiger partial charge is 0.322 e. The molecule has 0 saturated carbocycles. The molecule has 3 amide bonds. The summed E-state index contributed by atoms with van der Waals surface area (Å²) in [6.45, 7) is 9.33. The van der Waals surface area contributed by atoms with Gasteiger partial charge in [-0.15, -0.1) is 11.3 Å². The van der Waals surface area contributed by atoms with Crippen LogP contribution < -0.4 is 5.32 Å². The van der Waals surface area contributed by atoms with Gasteiger partial charge in [0.15, 0.2) is 0 Å². The zero-order chi connectivity index (χ0) is 25.4. The van der Waals surface area contributed by atoms with Gasteiger partial charge in [0.1, 0.15) is 12.4 Å². The predicted molar refractivity (Wildman–Crippen MR) is 141 cm³/mol. The van der Waals surface area contributed by atoms with Gasteiger partial charge in [0.05, 0.1) is 6.54 Å². The highest BCUT2D eigenvalue weighted by atomic mass is 32.1. The lowest BCUT2D eigenvalue weighted by atomic mass is 10.1. The Kier molecular flexibility index (Phi) is 9.43.